The smallest absolute Gasteiger partial charge is 0.311 e. The van der Waals surface area contributed by atoms with Gasteiger partial charge in [0.1, 0.15) is 5.75 Å². The van der Waals surface area contributed by atoms with Crippen LogP contribution in [0, 0.1) is 12.8 Å². The molecule has 1 aliphatic heterocycles. The number of esters is 1. The van der Waals surface area contributed by atoms with Gasteiger partial charge in [-0.25, -0.2) is 0 Å². The van der Waals surface area contributed by atoms with Crippen LogP contribution in [0.3, 0.4) is 0 Å². The number of benzene rings is 2. The monoisotopic (exact) mass is 438 g/mol. The van der Waals surface area contributed by atoms with Gasteiger partial charge >= 0.3 is 5.97 Å². The highest BCUT2D eigenvalue weighted by atomic mass is 16.5. The third kappa shape index (κ3) is 5.66. The first kappa shape index (κ1) is 23.3. The molecule has 0 aromatic heterocycles. The molecule has 2 aromatic carbocycles. The highest BCUT2D eigenvalue weighted by molar-refractivity contribution is 6.00. The molecule has 1 aliphatic rings. The summed E-state index contributed by atoms with van der Waals surface area (Å²) in [6.45, 7) is 6.44. The predicted octanol–water partition coefficient (Wildman–Crippen LogP) is 3.88. The van der Waals surface area contributed by atoms with Crippen molar-refractivity contribution in [3.63, 3.8) is 0 Å². The van der Waals surface area contributed by atoms with Crippen LogP contribution in [0.2, 0.25) is 0 Å². The van der Waals surface area contributed by atoms with E-state index in [4.69, 9.17) is 9.47 Å². The third-order valence-corrected chi connectivity index (χ3v) is 5.43. The zero-order valence-corrected chi connectivity index (χ0v) is 18.8. The van der Waals surface area contributed by atoms with Crippen LogP contribution in [0.5, 0.6) is 5.75 Å². The van der Waals surface area contributed by atoms with Crippen LogP contribution >= 0.6 is 0 Å². The van der Waals surface area contributed by atoms with Crippen LogP contribution in [0.15, 0.2) is 42.5 Å². The number of ether oxygens (including phenoxy) is 2. The van der Waals surface area contributed by atoms with Gasteiger partial charge in [-0.2, -0.15) is 0 Å². The Morgan fingerprint density at radius 3 is 2.56 bits per heavy atom. The first-order chi connectivity index (χ1) is 15.4. The van der Waals surface area contributed by atoms with Gasteiger partial charge in [0.2, 0.25) is 5.91 Å². The fourth-order valence-corrected chi connectivity index (χ4v) is 3.69. The van der Waals surface area contributed by atoms with Crippen molar-refractivity contribution in [1.82, 2.24) is 0 Å². The first-order valence-corrected chi connectivity index (χ1v) is 11.0. The van der Waals surface area contributed by atoms with Crippen molar-refractivity contribution in [2.75, 3.05) is 30.0 Å². The quantitative estimate of drug-likeness (QED) is 0.601. The maximum atomic E-state index is 12.5. The molecular formula is C25H30N2O5. The Labute approximate surface area is 188 Å². The van der Waals surface area contributed by atoms with Gasteiger partial charge in [-0.1, -0.05) is 32.0 Å². The predicted molar refractivity (Wildman–Crippen MR) is 123 cm³/mol. The lowest BCUT2D eigenvalue weighted by atomic mass is 10.1. The molecule has 0 spiro atoms. The molecule has 7 nitrogen and oxygen atoms in total. The number of hydrogen-bond acceptors (Lipinski definition) is 5. The number of anilines is 2. The number of para-hydroxylation sites is 1. The molecule has 32 heavy (non-hydrogen) atoms. The zero-order valence-electron chi connectivity index (χ0n) is 18.8. The lowest BCUT2D eigenvalue weighted by Crippen LogP contribution is -2.28. The van der Waals surface area contributed by atoms with Crippen molar-refractivity contribution in [1.29, 1.82) is 0 Å². The van der Waals surface area contributed by atoms with Gasteiger partial charge in [0, 0.05) is 24.3 Å². The SMILES string of the molecule is CCCOc1ccc(N2C[C@H](C(=O)OCC(=O)Nc3c(C)cccc3CC)CC2=O)cc1. The Kier molecular flexibility index (Phi) is 7.87. The molecule has 1 fully saturated rings. The molecule has 2 amide bonds. The molecular weight excluding hydrogens is 408 g/mol. The minimum absolute atomic E-state index is 0.0618. The van der Waals surface area contributed by atoms with Crippen molar-refractivity contribution in [2.45, 2.75) is 40.0 Å². The van der Waals surface area contributed by atoms with Gasteiger partial charge in [-0.05, 0) is 55.2 Å². The van der Waals surface area contributed by atoms with Crippen molar-refractivity contribution < 1.29 is 23.9 Å². The minimum atomic E-state index is -0.601. The summed E-state index contributed by atoms with van der Waals surface area (Å²) in [7, 11) is 0. The second-order valence-corrected chi connectivity index (χ2v) is 7.87. The first-order valence-electron chi connectivity index (χ1n) is 11.0. The molecule has 1 heterocycles. The summed E-state index contributed by atoms with van der Waals surface area (Å²) in [6.07, 6.45) is 1.76. The normalized spacial score (nSPS) is 15.5. The minimum Gasteiger partial charge on any atom is -0.494 e. The van der Waals surface area contributed by atoms with E-state index in [9.17, 15) is 14.4 Å². The van der Waals surface area contributed by atoms with Crippen molar-refractivity contribution >= 4 is 29.2 Å². The third-order valence-electron chi connectivity index (χ3n) is 5.43. The molecule has 0 aliphatic carbocycles. The highest BCUT2D eigenvalue weighted by Crippen LogP contribution is 2.27. The van der Waals surface area contributed by atoms with Crippen LogP contribution in [-0.4, -0.2) is 37.5 Å². The molecule has 1 atom stereocenters. The van der Waals surface area contributed by atoms with E-state index in [0.29, 0.717) is 12.3 Å². The summed E-state index contributed by atoms with van der Waals surface area (Å²) in [5.74, 6) is -0.947. The number of carbonyl (C=O) groups excluding carboxylic acids is 3. The topological polar surface area (TPSA) is 84.9 Å². The van der Waals surface area contributed by atoms with Crippen LogP contribution in [0.25, 0.3) is 0 Å². The number of rotatable bonds is 9. The van der Waals surface area contributed by atoms with Gasteiger partial charge in [0.05, 0.1) is 12.5 Å². The average molecular weight is 439 g/mol. The molecule has 7 heteroatoms. The molecule has 0 radical (unpaired) electrons. The van der Waals surface area contributed by atoms with Crippen LogP contribution in [0.4, 0.5) is 11.4 Å². The lowest BCUT2D eigenvalue weighted by Gasteiger charge is -2.17. The fraction of sp³-hybridized carbons (Fsp3) is 0.400. The lowest BCUT2D eigenvalue weighted by molar-refractivity contribution is -0.151. The number of nitrogens with zero attached hydrogens (tertiary/aromatic N) is 1. The summed E-state index contributed by atoms with van der Waals surface area (Å²) in [5.41, 5.74) is 3.43. The Hall–Kier alpha value is -3.35. The van der Waals surface area contributed by atoms with Gasteiger partial charge in [-0.3, -0.25) is 14.4 Å². The molecule has 1 N–H and O–H groups in total. The summed E-state index contributed by atoms with van der Waals surface area (Å²) in [4.78, 5) is 38.8. The number of amides is 2. The van der Waals surface area contributed by atoms with Crippen molar-refractivity contribution in [3.8, 4) is 5.75 Å². The van der Waals surface area contributed by atoms with E-state index in [0.717, 1.165) is 35.4 Å². The van der Waals surface area contributed by atoms with E-state index >= 15 is 0 Å². The van der Waals surface area contributed by atoms with E-state index in [-0.39, 0.29) is 25.5 Å². The van der Waals surface area contributed by atoms with E-state index in [1.165, 1.54) is 0 Å². The zero-order chi connectivity index (χ0) is 23.1. The Bertz CT molecular complexity index is 971. The number of aryl methyl sites for hydroxylation is 2. The van der Waals surface area contributed by atoms with Crippen molar-refractivity contribution in [2.24, 2.45) is 5.92 Å². The Balaban J connectivity index is 1.53. The van der Waals surface area contributed by atoms with E-state index < -0.39 is 17.8 Å². The van der Waals surface area contributed by atoms with Gasteiger partial charge in [0.15, 0.2) is 6.61 Å². The van der Waals surface area contributed by atoms with Gasteiger partial charge < -0.3 is 19.7 Å². The van der Waals surface area contributed by atoms with E-state index in [1.54, 1.807) is 17.0 Å². The Morgan fingerprint density at radius 2 is 1.88 bits per heavy atom. The largest absolute Gasteiger partial charge is 0.494 e. The second kappa shape index (κ2) is 10.8. The summed E-state index contributed by atoms with van der Waals surface area (Å²) in [6, 6.07) is 13.0. The summed E-state index contributed by atoms with van der Waals surface area (Å²) < 4.78 is 10.8. The van der Waals surface area contributed by atoms with Crippen LogP contribution < -0.4 is 15.0 Å². The molecule has 0 saturated carbocycles. The molecule has 170 valence electrons. The van der Waals surface area contributed by atoms with Crippen molar-refractivity contribution in [3.05, 3.63) is 53.6 Å². The second-order valence-electron chi connectivity index (χ2n) is 7.87. The standard InChI is InChI=1S/C25H30N2O5/c1-4-13-31-21-11-9-20(10-12-21)27-15-19(14-23(27)29)25(30)32-16-22(28)26-24-17(3)7-6-8-18(24)5-2/h6-12,19H,4-5,13-16H2,1-3H3,(H,26,28)/t19-/m1/s1. The van der Waals surface area contributed by atoms with E-state index in [1.807, 2.05) is 51.1 Å². The van der Waals surface area contributed by atoms with Crippen LogP contribution in [-0.2, 0) is 25.5 Å². The molecule has 3 rings (SSSR count). The maximum absolute atomic E-state index is 12.5. The van der Waals surface area contributed by atoms with Gasteiger partial charge in [0.25, 0.3) is 5.91 Å². The molecule has 1 saturated heterocycles. The average Bonchev–Trinajstić information content (AvgIpc) is 3.19. The molecule has 0 bridgehead atoms. The molecule has 0 unspecified atom stereocenters. The Morgan fingerprint density at radius 1 is 1.12 bits per heavy atom. The fourth-order valence-electron chi connectivity index (χ4n) is 3.69. The summed E-state index contributed by atoms with van der Waals surface area (Å²) in [5, 5.41) is 2.83. The van der Waals surface area contributed by atoms with Gasteiger partial charge in [-0.15, -0.1) is 0 Å². The van der Waals surface area contributed by atoms with Crippen LogP contribution in [0.1, 0.15) is 37.8 Å². The number of hydrogen-bond donors (Lipinski definition) is 1. The van der Waals surface area contributed by atoms with E-state index in [2.05, 4.69) is 5.32 Å². The highest BCUT2D eigenvalue weighted by Gasteiger charge is 2.36. The number of carbonyl (C=O) groups is 3. The number of nitrogens with one attached hydrogen (secondary N) is 1. The maximum Gasteiger partial charge on any atom is 0.311 e. The molecule has 2 aromatic rings. The summed E-state index contributed by atoms with van der Waals surface area (Å²) >= 11 is 0.